The van der Waals surface area contributed by atoms with Gasteiger partial charge in [-0.25, -0.2) is 4.99 Å². The van der Waals surface area contributed by atoms with Crippen molar-refractivity contribution in [2.24, 2.45) is 4.99 Å². The number of ether oxygens (including phenoxy) is 2. The van der Waals surface area contributed by atoms with E-state index >= 15 is 0 Å². The molecule has 3 rings (SSSR count). The van der Waals surface area contributed by atoms with Crippen molar-refractivity contribution in [2.75, 3.05) is 6.79 Å². The van der Waals surface area contributed by atoms with Crippen LogP contribution in [0.3, 0.4) is 0 Å². The topological polar surface area (TPSA) is 74.0 Å². The molecule has 20 heavy (non-hydrogen) atoms. The van der Waals surface area contributed by atoms with Crippen molar-refractivity contribution in [3.8, 4) is 11.5 Å². The van der Waals surface area contributed by atoms with Crippen LogP contribution in [0.2, 0.25) is 0 Å². The van der Waals surface area contributed by atoms with E-state index in [0.717, 1.165) is 5.56 Å². The first-order valence-electron chi connectivity index (χ1n) is 5.91. The van der Waals surface area contributed by atoms with Crippen LogP contribution in [0.5, 0.6) is 11.5 Å². The second-order valence-electron chi connectivity index (χ2n) is 4.12. The Bertz CT molecular complexity index is 697. The van der Waals surface area contributed by atoms with E-state index in [0.29, 0.717) is 17.2 Å². The zero-order chi connectivity index (χ0) is 13.9. The van der Waals surface area contributed by atoms with Crippen LogP contribution in [0.4, 0.5) is 11.4 Å². The first kappa shape index (κ1) is 12.2. The van der Waals surface area contributed by atoms with E-state index in [9.17, 15) is 10.1 Å². The molecule has 2 aromatic carbocycles. The second-order valence-corrected chi connectivity index (χ2v) is 4.12. The standard InChI is InChI=1S/C14H10N2O4/c17-16(18)12-4-2-1-3-11(12)15-8-10-5-6-13-14(7-10)20-9-19-13/h1-8H,9H2. The molecule has 0 atom stereocenters. The molecule has 1 heterocycles. The first-order valence-corrected chi connectivity index (χ1v) is 5.91. The van der Waals surface area contributed by atoms with Crippen LogP contribution in [0.25, 0.3) is 0 Å². The van der Waals surface area contributed by atoms with Crippen LogP contribution in [0, 0.1) is 10.1 Å². The Balaban J connectivity index is 1.89. The summed E-state index contributed by atoms with van der Waals surface area (Å²) in [5, 5.41) is 10.9. The van der Waals surface area contributed by atoms with Crippen molar-refractivity contribution in [2.45, 2.75) is 0 Å². The first-order chi connectivity index (χ1) is 9.74. The van der Waals surface area contributed by atoms with Gasteiger partial charge in [0.15, 0.2) is 11.5 Å². The van der Waals surface area contributed by atoms with Crippen molar-refractivity contribution >= 4 is 17.6 Å². The molecule has 0 aromatic heterocycles. The minimum atomic E-state index is -0.452. The van der Waals surface area contributed by atoms with Gasteiger partial charge in [-0.2, -0.15) is 0 Å². The lowest BCUT2D eigenvalue weighted by molar-refractivity contribution is -0.384. The van der Waals surface area contributed by atoms with Gasteiger partial charge in [-0.05, 0) is 29.8 Å². The van der Waals surface area contributed by atoms with E-state index in [-0.39, 0.29) is 12.5 Å². The lowest BCUT2D eigenvalue weighted by Gasteiger charge is -1.98. The fourth-order valence-electron chi connectivity index (χ4n) is 1.87. The van der Waals surface area contributed by atoms with E-state index in [1.165, 1.54) is 6.07 Å². The number of benzene rings is 2. The summed E-state index contributed by atoms with van der Waals surface area (Å²) in [7, 11) is 0. The van der Waals surface area contributed by atoms with Crippen LogP contribution in [-0.2, 0) is 0 Å². The van der Waals surface area contributed by atoms with Crippen LogP contribution >= 0.6 is 0 Å². The number of hydrogen-bond acceptors (Lipinski definition) is 5. The largest absolute Gasteiger partial charge is 0.454 e. The molecule has 0 spiro atoms. The molecule has 0 saturated heterocycles. The fourth-order valence-corrected chi connectivity index (χ4v) is 1.87. The zero-order valence-corrected chi connectivity index (χ0v) is 10.4. The molecule has 6 nitrogen and oxygen atoms in total. The number of hydrogen-bond donors (Lipinski definition) is 0. The predicted molar refractivity (Wildman–Crippen MR) is 72.9 cm³/mol. The minimum Gasteiger partial charge on any atom is -0.454 e. The molecule has 6 heteroatoms. The third-order valence-electron chi connectivity index (χ3n) is 2.83. The molecular weight excluding hydrogens is 260 g/mol. The van der Waals surface area contributed by atoms with Gasteiger partial charge in [0.1, 0.15) is 5.69 Å². The maximum absolute atomic E-state index is 10.9. The molecule has 1 aliphatic heterocycles. The Kier molecular flexibility index (Phi) is 3.04. The Morgan fingerprint density at radius 3 is 2.80 bits per heavy atom. The Morgan fingerprint density at radius 2 is 1.95 bits per heavy atom. The van der Waals surface area contributed by atoms with Gasteiger partial charge in [0.25, 0.3) is 5.69 Å². The number of rotatable bonds is 3. The van der Waals surface area contributed by atoms with E-state index in [1.807, 2.05) is 6.07 Å². The monoisotopic (exact) mass is 270 g/mol. The van der Waals surface area contributed by atoms with Gasteiger partial charge >= 0.3 is 0 Å². The van der Waals surface area contributed by atoms with Gasteiger partial charge in [-0.3, -0.25) is 10.1 Å². The van der Waals surface area contributed by atoms with E-state index in [4.69, 9.17) is 9.47 Å². The average molecular weight is 270 g/mol. The van der Waals surface area contributed by atoms with Gasteiger partial charge in [-0.1, -0.05) is 12.1 Å². The number of nitro groups is 1. The summed E-state index contributed by atoms with van der Waals surface area (Å²) in [6.07, 6.45) is 1.56. The van der Waals surface area contributed by atoms with E-state index in [2.05, 4.69) is 4.99 Å². The molecule has 2 aromatic rings. The molecule has 0 aliphatic carbocycles. The summed E-state index contributed by atoms with van der Waals surface area (Å²) in [4.78, 5) is 14.6. The molecule has 100 valence electrons. The summed E-state index contributed by atoms with van der Waals surface area (Å²) >= 11 is 0. The Hall–Kier alpha value is -2.89. The maximum atomic E-state index is 10.9. The molecule has 0 bridgehead atoms. The number of aliphatic imine (C=N–C) groups is 1. The molecule has 0 saturated carbocycles. The highest BCUT2D eigenvalue weighted by Crippen LogP contribution is 2.32. The lowest BCUT2D eigenvalue weighted by atomic mass is 10.2. The highest BCUT2D eigenvalue weighted by molar-refractivity contribution is 5.84. The quantitative estimate of drug-likeness (QED) is 0.488. The summed E-state index contributed by atoms with van der Waals surface area (Å²) in [5.41, 5.74) is 1.08. The highest BCUT2D eigenvalue weighted by Gasteiger charge is 2.13. The highest BCUT2D eigenvalue weighted by atomic mass is 16.7. The summed E-state index contributed by atoms with van der Waals surface area (Å²) in [6, 6.07) is 11.7. The van der Waals surface area contributed by atoms with E-state index < -0.39 is 4.92 Å². The summed E-state index contributed by atoms with van der Waals surface area (Å²) in [6.45, 7) is 0.208. The molecule has 0 unspecified atom stereocenters. The van der Waals surface area contributed by atoms with Crippen LogP contribution in [0.15, 0.2) is 47.5 Å². The van der Waals surface area contributed by atoms with Crippen molar-refractivity contribution in [1.82, 2.24) is 0 Å². The molecule has 1 aliphatic rings. The Labute approximate surface area is 114 Å². The van der Waals surface area contributed by atoms with Gasteiger partial charge in [0.2, 0.25) is 6.79 Å². The molecule has 0 N–H and O–H groups in total. The third kappa shape index (κ3) is 2.31. The fraction of sp³-hybridized carbons (Fsp3) is 0.0714. The van der Waals surface area contributed by atoms with Gasteiger partial charge in [-0.15, -0.1) is 0 Å². The van der Waals surface area contributed by atoms with Crippen molar-refractivity contribution in [3.63, 3.8) is 0 Å². The maximum Gasteiger partial charge on any atom is 0.294 e. The lowest BCUT2D eigenvalue weighted by Crippen LogP contribution is -1.92. The smallest absolute Gasteiger partial charge is 0.294 e. The van der Waals surface area contributed by atoms with Crippen molar-refractivity contribution in [1.29, 1.82) is 0 Å². The summed E-state index contributed by atoms with van der Waals surface area (Å²) < 4.78 is 10.5. The normalized spacial score (nSPS) is 12.8. The number of nitro benzene ring substituents is 1. The zero-order valence-electron chi connectivity index (χ0n) is 10.4. The van der Waals surface area contributed by atoms with Crippen LogP contribution in [-0.4, -0.2) is 17.9 Å². The SMILES string of the molecule is O=[N+]([O-])c1ccccc1N=Cc1ccc2c(c1)OCO2. The van der Waals surface area contributed by atoms with Crippen molar-refractivity contribution < 1.29 is 14.4 Å². The number of fused-ring (bicyclic) bond motifs is 1. The molecule has 0 amide bonds. The van der Waals surface area contributed by atoms with Crippen molar-refractivity contribution in [3.05, 3.63) is 58.1 Å². The molecule has 0 fully saturated rings. The number of nitrogens with zero attached hydrogens (tertiary/aromatic N) is 2. The minimum absolute atomic E-state index is 0.0236. The number of para-hydroxylation sites is 2. The van der Waals surface area contributed by atoms with Gasteiger partial charge in [0, 0.05) is 12.3 Å². The second kappa shape index (κ2) is 5.00. The van der Waals surface area contributed by atoms with Gasteiger partial charge in [0.05, 0.1) is 4.92 Å². The third-order valence-corrected chi connectivity index (χ3v) is 2.83. The van der Waals surface area contributed by atoms with Crippen LogP contribution in [0.1, 0.15) is 5.56 Å². The molecular formula is C14H10N2O4. The Morgan fingerprint density at radius 1 is 1.15 bits per heavy atom. The average Bonchev–Trinajstić information content (AvgIpc) is 2.92. The van der Waals surface area contributed by atoms with E-state index in [1.54, 1.807) is 36.5 Å². The van der Waals surface area contributed by atoms with Gasteiger partial charge < -0.3 is 9.47 Å². The molecule has 0 radical (unpaired) electrons. The van der Waals surface area contributed by atoms with Crippen LogP contribution < -0.4 is 9.47 Å². The predicted octanol–water partition coefficient (Wildman–Crippen LogP) is 3.07. The summed E-state index contributed by atoms with van der Waals surface area (Å²) in [5.74, 6) is 1.34.